The molecule has 4 N–H and O–H groups in total. The first kappa shape index (κ1) is 20.5. The van der Waals surface area contributed by atoms with E-state index in [1.165, 1.54) is 0 Å². The molecule has 0 bridgehead atoms. The lowest BCUT2D eigenvalue weighted by molar-refractivity contribution is 0.00546. The van der Waals surface area contributed by atoms with Gasteiger partial charge in [0.25, 0.3) is 0 Å². The summed E-state index contributed by atoms with van der Waals surface area (Å²) in [6.07, 6.45) is 2.42. The van der Waals surface area contributed by atoms with E-state index in [1.807, 2.05) is 47.2 Å². The second-order valence-electron chi connectivity index (χ2n) is 8.24. The topological polar surface area (TPSA) is 97.2 Å². The molecular formula is C23H22Cl2N4O2. The largest absolute Gasteiger partial charge is 0.390 e. The number of hydrogen-bond donors (Lipinski definition) is 3. The number of nitrogen functional groups attached to an aromatic ring is 1. The molecule has 1 fully saturated rings. The van der Waals surface area contributed by atoms with E-state index in [-0.39, 0.29) is 12.0 Å². The van der Waals surface area contributed by atoms with E-state index < -0.39 is 12.2 Å². The van der Waals surface area contributed by atoms with Gasteiger partial charge < -0.3 is 20.5 Å². The summed E-state index contributed by atoms with van der Waals surface area (Å²) in [4.78, 5) is 8.77. The Bertz CT molecular complexity index is 1280. The van der Waals surface area contributed by atoms with Crippen LogP contribution in [0.2, 0.25) is 10.2 Å². The molecule has 6 nitrogen and oxygen atoms in total. The van der Waals surface area contributed by atoms with E-state index in [0.29, 0.717) is 22.4 Å². The highest BCUT2D eigenvalue weighted by Crippen LogP contribution is 2.39. The maximum absolute atomic E-state index is 10.8. The summed E-state index contributed by atoms with van der Waals surface area (Å²) in [5.74, 6) is 0.284. The van der Waals surface area contributed by atoms with Crippen LogP contribution >= 0.6 is 23.2 Å². The molecule has 3 aromatic heterocycles. The van der Waals surface area contributed by atoms with Crippen LogP contribution in [0.4, 0.5) is 5.82 Å². The predicted molar refractivity (Wildman–Crippen MR) is 123 cm³/mol. The highest BCUT2D eigenvalue weighted by Gasteiger charge is 2.42. The molecule has 31 heavy (non-hydrogen) atoms. The fourth-order valence-corrected chi connectivity index (χ4v) is 4.95. The molecule has 0 amide bonds. The Hall–Kier alpha value is -2.38. The number of aliphatic hydroxyl groups is 2. The third kappa shape index (κ3) is 3.74. The van der Waals surface area contributed by atoms with Crippen LogP contribution in [0, 0.1) is 5.92 Å². The molecule has 4 atom stereocenters. The average Bonchev–Trinajstić information content (AvgIpc) is 3.28. The molecule has 0 saturated heterocycles. The van der Waals surface area contributed by atoms with Crippen LogP contribution in [-0.4, -0.2) is 37.0 Å². The molecule has 0 radical (unpaired) electrons. The SMILES string of the molecule is Nc1nc2cc(CC[C@H]3C[C@@H](n4ccc5ccc(Cl)nc54)[C@H](O)[C@@H]3O)ccc2cc1Cl. The van der Waals surface area contributed by atoms with Crippen LogP contribution in [0.25, 0.3) is 21.9 Å². The molecule has 1 aliphatic rings. The molecule has 0 unspecified atom stereocenters. The van der Waals surface area contributed by atoms with Crippen LogP contribution in [0.3, 0.4) is 0 Å². The van der Waals surface area contributed by atoms with Crippen molar-refractivity contribution in [2.75, 3.05) is 5.73 Å². The van der Waals surface area contributed by atoms with Crippen LogP contribution in [0.1, 0.15) is 24.4 Å². The summed E-state index contributed by atoms with van der Waals surface area (Å²) in [6.45, 7) is 0. The number of nitrogens with two attached hydrogens (primary N) is 1. The first-order chi connectivity index (χ1) is 14.9. The summed E-state index contributed by atoms with van der Waals surface area (Å²) in [6, 6.07) is 13.2. The van der Waals surface area contributed by atoms with Gasteiger partial charge in [0.2, 0.25) is 0 Å². The molecule has 8 heteroatoms. The number of aryl methyl sites for hydroxylation is 1. The van der Waals surface area contributed by atoms with Crippen LogP contribution < -0.4 is 5.73 Å². The molecule has 4 aromatic rings. The maximum atomic E-state index is 10.8. The molecule has 0 aliphatic heterocycles. The zero-order chi connectivity index (χ0) is 21.7. The summed E-state index contributed by atoms with van der Waals surface area (Å²) >= 11 is 12.1. The van der Waals surface area contributed by atoms with E-state index in [9.17, 15) is 10.2 Å². The maximum Gasteiger partial charge on any atom is 0.142 e. The van der Waals surface area contributed by atoms with Crippen molar-refractivity contribution in [1.29, 1.82) is 0 Å². The third-order valence-corrected chi connectivity index (χ3v) is 6.84. The average molecular weight is 457 g/mol. The van der Waals surface area contributed by atoms with E-state index in [4.69, 9.17) is 28.9 Å². The predicted octanol–water partition coefficient (Wildman–Crippen LogP) is 4.39. The number of aliphatic hydroxyl groups excluding tert-OH is 2. The number of anilines is 1. The van der Waals surface area contributed by atoms with Gasteiger partial charge >= 0.3 is 0 Å². The molecule has 1 aromatic carbocycles. The van der Waals surface area contributed by atoms with Gasteiger partial charge in [-0.25, -0.2) is 9.97 Å². The van der Waals surface area contributed by atoms with Gasteiger partial charge in [-0.2, -0.15) is 0 Å². The zero-order valence-corrected chi connectivity index (χ0v) is 18.1. The van der Waals surface area contributed by atoms with E-state index in [0.717, 1.165) is 40.3 Å². The van der Waals surface area contributed by atoms with Gasteiger partial charge in [0.05, 0.1) is 22.7 Å². The number of benzene rings is 1. The number of aromatic nitrogens is 3. The minimum Gasteiger partial charge on any atom is -0.390 e. The van der Waals surface area contributed by atoms with E-state index in [2.05, 4.69) is 9.97 Å². The Kier molecular flexibility index (Phi) is 5.26. The minimum absolute atomic E-state index is 0.0319. The Morgan fingerprint density at radius 1 is 1.00 bits per heavy atom. The number of halogens is 2. The van der Waals surface area contributed by atoms with Crippen LogP contribution in [-0.2, 0) is 6.42 Å². The van der Waals surface area contributed by atoms with Gasteiger partial charge in [-0.15, -0.1) is 0 Å². The van der Waals surface area contributed by atoms with Gasteiger partial charge in [-0.3, -0.25) is 0 Å². The van der Waals surface area contributed by atoms with Gasteiger partial charge in [-0.05, 0) is 61.1 Å². The normalized spacial score (nSPS) is 23.7. The Morgan fingerprint density at radius 3 is 2.65 bits per heavy atom. The van der Waals surface area contributed by atoms with Crippen molar-refractivity contribution in [3.63, 3.8) is 0 Å². The second-order valence-corrected chi connectivity index (χ2v) is 9.03. The first-order valence-corrected chi connectivity index (χ1v) is 11.0. The fraction of sp³-hybridized carbons (Fsp3) is 0.304. The monoisotopic (exact) mass is 456 g/mol. The summed E-state index contributed by atoms with van der Waals surface area (Å²) in [7, 11) is 0. The number of fused-ring (bicyclic) bond motifs is 2. The van der Waals surface area contributed by atoms with Crippen molar-refractivity contribution in [2.45, 2.75) is 37.5 Å². The third-order valence-electron chi connectivity index (χ3n) is 6.33. The molecule has 3 heterocycles. The van der Waals surface area contributed by atoms with Gasteiger partial charge in [0, 0.05) is 17.0 Å². The van der Waals surface area contributed by atoms with Crippen molar-refractivity contribution >= 4 is 51.0 Å². The Labute approximate surface area is 189 Å². The Morgan fingerprint density at radius 2 is 1.81 bits per heavy atom. The van der Waals surface area contributed by atoms with Gasteiger partial charge in [0.15, 0.2) is 0 Å². The molecule has 1 aliphatic carbocycles. The molecular weight excluding hydrogens is 435 g/mol. The fourth-order valence-electron chi connectivity index (χ4n) is 4.64. The van der Waals surface area contributed by atoms with Gasteiger partial charge in [-0.1, -0.05) is 35.3 Å². The van der Waals surface area contributed by atoms with Crippen molar-refractivity contribution in [3.05, 3.63) is 64.4 Å². The highest BCUT2D eigenvalue weighted by molar-refractivity contribution is 6.33. The quantitative estimate of drug-likeness (QED) is 0.395. The summed E-state index contributed by atoms with van der Waals surface area (Å²) < 4.78 is 1.93. The molecule has 5 rings (SSSR count). The smallest absolute Gasteiger partial charge is 0.142 e. The lowest BCUT2D eigenvalue weighted by Gasteiger charge is -2.19. The van der Waals surface area contributed by atoms with Crippen LogP contribution in [0.5, 0.6) is 0 Å². The van der Waals surface area contributed by atoms with Crippen LogP contribution in [0.15, 0.2) is 48.7 Å². The van der Waals surface area contributed by atoms with E-state index >= 15 is 0 Å². The first-order valence-electron chi connectivity index (χ1n) is 10.2. The summed E-state index contributed by atoms with van der Waals surface area (Å²) in [5.41, 5.74) is 8.46. The number of nitrogens with zero attached hydrogens (tertiary/aromatic N) is 3. The van der Waals surface area contributed by atoms with Gasteiger partial charge in [0.1, 0.15) is 22.7 Å². The van der Waals surface area contributed by atoms with Crippen molar-refractivity contribution in [1.82, 2.24) is 14.5 Å². The molecule has 160 valence electrons. The van der Waals surface area contributed by atoms with Crippen molar-refractivity contribution in [2.24, 2.45) is 5.92 Å². The number of rotatable bonds is 4. The Balaban J connectivity index is 1.34. The highest BCUT2D eigenvalue weighted by atomic mass is 35.5. The van der Waals surface area contributed by atoms with Crippen molar-refractivity contribution in [3.8, 4) is 0 Å². The standard InChI is InChI=1S/C23H22Cl2N4O2/c24-16-10-14-3-1-12(9-17(14)27-22(16)26)2-4-15-11-18(21(31)20(15)30)29-8-7-13-5-6-19(25)28-23(13)29/h1,3,5-10,15,18,20-21,30-31H,2,4,11H2,(H2,26,27)/t15-,18+,20+,21-/m0/s1. The second kappa shape index (κ2) is 7.95. The molecule has 0 spiro atoms. The molecule has 1 saturated carbocycles. The van der Waals surface area contributed by atoms with E-state index in [1.54, 1.807) is 6.07 Å². The number of pyridine rings is 2. The summed E-state index contributed by atoms with van der Waals surface area (Å²) in [5, 5.41) is 24.2. The number of hydrogen-bond acceptors (Lipinski definition) is 5. The minimum atomic E-state index is -0.860. The lowest BCUT2D eigenvalue weighted by atomic mass is 9.95. The van der Waals surface area contributed by atoms with Crippen molar-refractivity contribution < 1.29 is 10.2 Å². The lowest BCUT2D eigenvalue weighted by Crippen LogP contribution is -2.29. The zero-order valence-electron chi connectivity index (χ0n) is 16.6.